The molecule has 21 heavy (non-hydrogen) atoms. The third-order valence-electron chi connectivity index (χ3n) is 3.28. The van der Waals surface area contributed by atoms with Crippen LogP contribution < -0.4 is 5.73 Å². The minimum atomic E-state index is -3.34. The molecule has 2 aromatic carbocycles. The van der Waals surface area contributed by atoms with E-state index in [4.69, 9.17) is 5.73 Å². The Bertz CT molecular complexity index is 667. The van der Waals surface area contributed by atoms with Crippen molar-refractivity contribution in [2.45, 2.75) is 19.2 Å². The number of hydrogen-bond acceptors (Lipinski definition) is 3. The second kappa shape index (κ2) is 6.74. The molecule has 5 heteroatoms. The summed E-state index contributed by atoms with van der Waals surface area (Å²) in [6.07, 6.45) is 0. The predicted octanol–water partition coefficient (Wildman–Crippen LogP) is 2.62. The molecule has 0 aromatic heterocycles. The Morgan fingerprint density at radius 3 is 2.14 bits per heavy atom. The van der Waals surface area contributed by atoms with E-state index in [0.717, 1.165) is 11.1 Å². The number of anilines is 1. The van der Waals surface area contributed by atoms with Gasteiger partial charge in [-0.15, -0.1) is 0 Å². The molecule has 0 radical (unpaired) electrons. The fourth-order valence-corrected chi connectivity index (χ4v) is 3.65. The van der Waals surface area contributed by atoms with Gasteiger partial charge in [0.1, 0.15) is 0 Å². The van der Waals surface area contributed by atoms with Crippen LogP contribution in [0, 0.1) is 0 Å². The first-order valence-electron chi connectivity index (χ1n) is 6.87. The van der Waals surface area contributed by atoms with E-state index in [0.29, 0.717) is 18.8 Å². The van der Waals surface area contributed by atoms with Gasteiger partial charge in [-0.1, -0.05) is 49.4 Å². The van der Waals surface area contributed by atoms with E-state index < -0.39 is 10.0 Å². The third-order valence-corrected chi connectivity index (χ3v) is 5.15. The summed E-state index contributed by atoms with van der Waals surface area (Å²) in [6, 6.07) is 16.6. The summed E-state index contributed by atoms with van der Waals surface area (Å²) in [7, 11) is -3.34. The second-order valence-corrected chi connectivity index (χ2v) is 6.88. The zero-order valence-corrected chi connectivity index (χ0v) is 12.9. The van der Waals surface area contributed by atoms with Crippen LogP contribution in [0.4, 0.5) is 5.69 Å². The van der Waals surface area contributed by atoms with Gasteiger partial charge in [-0.25, -0.2) is 8.42 Å². The Morgan fingerprint density at radius 2 is 1.57 bits per heavy atom. The first-order valence-corrected chi connectivity index (χ1v) is 8.48. The Morgan fingerprint density at radius 1 is 0.952 bits per heavy atom. The van der Waals surface area contributed by atoms with Crippen molar-refractivity contribution in [3.05, 3.63) is 65.7 Å². The van der Waals surface area contributed by atoms with Crippen LogP contribution in [0.25, 0.3) is 0 Å². The van der Waals surface area contributed by atoms with Gasteiger partial charge in [-0.3, -0.25) is 0 Å². The zero-order chi connectivity index (χ0) is 15.3. The molecule has 2 rings (SSSR count). The first-order chi connectivity index (χ1) is 10.0. The van der Waals surface area contributed by atoms with Crippen molar-refractivity contribution in [3.63, 3.8) is 0 Å². The lowest BCUT2D eigenvalue weighted by molar-refractivity contribution is 0.423. The number of nitrogens with zero attached hydrogens (tertiary/aromatic N) is 1. The number of benzene rings is 2. The monoisotopic (exact) mass is 304 g/mol. The summed E-state index contributed by atoms with van der Waals surface area (Å²) in [5.41, 5.74) is 7.98. The van der Waals surface area contributed by atoms with Crippen LogP contribution in [0.2, 0.25) is 0 Å². The van der Waals surface area contributed by atoms with Crippen LogP contribution in [-0.2, 0) is 22.3 Å². The lowest BCUT2D eigenvalue weighted by Gasteiger charge is -2.20. The molecular weight excluding hydrogens is 284 g/mol. The van der Waals surface area contributed by atoms with Crippen molar-refractivity contribution >= 4 is 15.7 Å². The van der Waals surface area contributed by atoms with Gasteiger partial charge in [0, 0.05) is 18.8 Å². The molecule has 0 spiro atoms. The number of hydrogen-bond donors (Lipinski definition) is 1. The molecule has 2 aromatic rings. The van der Waals surface area contributed by atoms with E-state index in [9.17, 15) is 8.42 Å². The molecular formula is C16H20N2O2S. The Labute approximate surface area is 126 Å². The largest absolute Gasteiger partial charge is 0.399 e. The highest BCUT2D eigenvalue weighted by molar-refractivity contribution is 7.88. The van der Waals surface area contributed by atoms with E-state index in [1.807, 2.05) is 37.3 Å². The lowest BCUT2D eigenvalue weighted by Crippen LogP contribution is -2.31. The molecule has 0 aliphatic carbocycles. The Kier molecular flexibility index (Phi) is 4.98. The van der Waals surface area contributed by atoms with Crippen molar-refractivity contribution in [3.8, 4) is 0 Å². The van der Waals surface area contributed by atoms with Crippen molar-refractivity contribution in [1.82, 2.24) is 4.31 Å². The van der Waals surface area contributed by atoms with Gasteiger partial charge in [-0.05, 0) is 23.3 Å². The molecule has 0 aliphatic heterocycles. The van der Waals surface area contributed by atoms with Crippen LogP contribution in [0.3, 0.4) is 0 Å². The van der Waals surface area contributed by atoms with Crippen LogP contribution in [-0.4, -0.2) is 19.3 Å². The first kappa shape index (κ1) is 15.5. The number of nitrogen functional groups attached to an aromatic ring is 1. The molecule has 0 fully saturated rings. The maximum absolute atomic E-state index is 12.5. The second-order valence-electron chi connectivity index (χ2n) is 4.91. The summed E-state index contributed by atoms with van der Waals surface area (Å²) in [6.45, 7) is 2.70. The van der Waals surface area contributed by atoms with Crippen molar-refractivity contribution in [1.29, 1.82) is 0 Å². The van der Waals surface area contributed by atoms with Gasteiger partial charge in [0.25, 0.3) is 0 Å². The van der Waals surface area contributed by atoms with Crippen molar-refractivity contribution < 1.29 is 8.42 Å². The molecule has 0 aliphatic rings. The summed E-state index contributed by atoms with van der Waals surface area (Å²) in [5, 5.41) is 0. The zero-order valence-electron chi connectivity index (χ0n) is 12.1. The Hall–Kier alpha value is -1.85. The topological polar surface area (TPSA) is 63.4 Å². The number of sulfonamides is 1. The smallest absolute Gasteiger partial charge is 0.218 e. The van der Waals surface area contributed by atoms with Crippen molar-refractivity contribution in [2.24, 2.45) is 0 Å². The molecule has 0 heterocycles. The van der Waals surface area contributed by atoms with Crippen LogP contribution in [0.5, 0.6) is 0 Å². The van der Waals surface area contributed by atoms with E-state index >= 15 is 0 Å². The van der Waals surface area contributed by atoms with E-state index in [-0.39, 0.29) is 5.75 Å². The highest BCUT2D eigenvalue weighted by Gasteiger charge is 2.21. The van der Waals surface area contributed by atoms with Crippen LogP contribution >= 0.6 is 0 Å². The fraction of sp³-hybridized carbons (Fsp3) is 0.250. The summed E-state index contributed by atoms with van der Waals surface area (Å²) in [4.78, 5) is 0. The minimum Gasteiger partial charge on any atom is -0.399 e. The lowest BCUT2D eigenvalue weighted by atomic mass is 10.2. The third kappa shape index (κ3) is 4.31. The molecule has 0 bridgehead atoms. The number of nitrogens with two attached hydrogens (primary N) is 1. The highest BCUT2D eigenvalue weighted by Crippen LogP contribution is 2.15. The summed E-state index contributed by atoms with van der Waals surface area (Å²) in [5.74, 6) is -0.00600. The maximum Gasteiger partial charge on any atom is 0.218 e. The number of rotatable bonds is 6. The molecule has 0 amide bonds. The molecule has 4 nitrogen and oxygen atoms in total. The summed E-state index contributed by atoms with van der Waals surface area (Å²) >= 11 is 0. The van der Waals surface area contributed by atoms with Gasteiger partial charge in [0.05, 0.1) is 5.75 Å². The van der Waals surface area contributed by atoms with Crippen LogP contribution in [0.1, 0.15) is 18.1 Å². The quantitative estimate of drug-likeness (QED) is 0.834. The van der Waals surface area contributed by atoms with Crippen LogP contribution in [0.15, 0.2) is 54.6 Å². The van der Waals surface area contributed by atoms with Gasteiger partial charge < -0.3 is 5.73 Å². The van der Waals surface area contributed by atoms with Gasteiger partial charge in [-0.2, -0.15) is 4.31 Å². The highest BCUT2D eigenvalue weighted by atomic mass is 32.2. The van der Waals surface area contributed by atoms with Crippen molar-refractivity contribution in [2.75, 3.05) is 12.3 Å². The molecule has 112 valence electrons. The van der Waals surface area contributed by atoms with E-state index in [2.05, 4.69) is 0 Å². The molecule has 2 N–H and O–H groups in total. The average molecular weight is 304 g/mol. The van der Waals surface area contributed by atoms with E-state index in [1.165, 1.54) is 4.31 Å². The Balaban J connectivity index is 2.14. The molecule has 0 unspecified atom stereocenters. The minimum absolute atomic E-state index is 0.00600. The molecule has 0 saturated carbocycles. The van der Waals surface area contributed by atoms with E-state index in [1.54, 1.807) is 24.3 Å². The van der Waals surface area contributed by atoms with Gasteiger partial charge in [0.2, 0.25) is 10.0 Å². The fourth-order valence-electron chi connectivity index (χ4n) is 2.11. The van der Waals surface area contributed by atoms with Gasteiger partial charge in [0.15, 0.2) is 0 Å². The maximum atomic E-state index is 12.5. The SMILES string of the molecule is CCN(Cc1ccccc1)S(=O)(=O)Cc1ccc(N)cc1. The summed E-state index contributed by atoms with van der Waals surface area (Å²) < 4.78 is 26.5. The normalized spacial score (nSPS) is 11.7. The molecule has 0 saturated heterocycles. The standard InChI is InChI=1S/C16H20N2O2S/c1-2-18(12-14-6-4-3-5-7-14)21(19,20)13-15-8-10-16(17)11-9-15/h3-11H,2,12-13,17H2,1H3. The van der Waals surface area contributed by atoms with Gasteiger partial charge >= 0.3 is 0 Å². The average Bonchev–Trinajstić information content (AvgIpc) is 2.48. The molecule has 0 atom stereocenters. The predicted molar refractivity (Wildman–Crippen MR) is 86.0 cm³/mol.